The third-order valence-electron chi connectivity index (χ3n) is 6.23. The Kier molecular flexibility index (Phi) is 6.07. The molecule has 5 nitrogen and oxygen atoms in total. The molecule has 1 aliphatic rings. The molecule has 0 amide bonds. The number of thiocarbonyl (C=S) groups is 1. The van der Waals surface area contributed by atoms with Crippen molar-refractivity contribution in [1.29, 1.82) is 0 Å². The molecule has 0 spiro atoms. The number of ether oxygens (including phenoxy) is 1. The van der Waals surface area contributed by atoms with Crippen molar-refractivity contribution in [3.63, 3.8) is 0 Å². The maximum atomic E-state index is 6.45. The Hall–Kier alpha value is -3.64. The van der Waals surface area contributed by atoms with E-state index in [1.54, 1.807) is 0 Å². The van der Waals surface area contributed by atoms with E-state index in [0.29, 0.717) is 11.7 Å². The number of rotatable bonds is 6. The third-order valence-corrected chi connectivity index (χ3v) is 6.55. The lowest BCUT2D eigenvalue weighted by Crippen LogP contribution is -2.29. The first-order chi connectivity index (χ1) is 16.5. The number of nitrogens with one attached hydrogen (secondary N) is 1. The van der Waals surface area contributed by atoms with Crippen LogP contribution in [0.25, 0.3) is 11.3 Å². The molecule has 0 bridgehead atoms. The van der Waals surface area contributed by atoms with E-state index in [9.17, 15) is 0 Å². The van der Waals surface area contributed by atoms with Crippen molar-refractivity contribution in [3.8, 4) is 17.1 Å². The van der Waals surface area contributed by atoms with Gasteiger partial charge in [0.25, 0.3) is 0 Å². The standard InChI is InChI=1S/C28H27N3O2S/c1-4-32-22-12-9-20(10-13-22)24-14-15-25(33-24)27-26(23-7-5-6-16-29-23)30-28(34)31(27)21-11-8-18(2)19(3)17-21/h5-17,26-27H,4H2,1-3H3,(H,30,34)/t26-,27+/m0/s1. The van der Waals surface area contributed by atoms with E-state index in [1.807, 2.05) is 67.7 Å². The molecule has 1 N–H and O–H groups in total. The van der Waals surface area contributed by atoms with Crippen LogP contribution in [0, 0.1) is 13.8 Å². The largest absolute Gasteiger partial charge is 0.494 e. The molecule has 2 atom stereocenters. The van der Waals surface area contributed by atoms with Crippen LogP contribution in [0.5, 0.6) is 5.75 Å². The molecule has 2 aromatic carbocycles. The topological polar surface area (TPSA) is 50.5 Å². The summed E-state index contributed by atoms with van der Waals surface area (Å²) in [4.78, 5) is 6.76. The number of aryl methyl sites for hydroxylation is 2. The van der Waals surface area contributed by atoms with Gasteiger partial charge in [-0.3, -0.25) is 4.98 Å². The number of hydrogen-bond acceptors (Lipinski definition) is 4. The molecule has 4 aromatic rings. The van der Waals surface area contributed by atoms with Crippen LogP contribution in [0.4, 0.5) is 5.69 Å². The van der Waals surface area contributed by atoms with Crippen LogP contribution < -0.4 is 15.0 Å². The van der Waals surface area contributed by atoms with Crippen LogP contribution in [0.15, 0.2) is 83.4 Å². The summed E-state index contributed by atoms with van der Waals surface area (Å²) in [5, 5.41) is 4.15. The zero-order chi connectivity index (χ0) is 23.7. The maximum absolute atomic E-state index is 6.45. The first kappa shape index (κ1) is 22.2. The highest BCUT2D eigenvalue weighted by Crippen LogP contribution is 2.43. The van der Waals surface area contributed by atoms with E-state index in [0.717, 1.165) is 34.2 Å². The molecule has 172 valence electrons. The van der Waals surface area contributed by atoms with Gasteiger partial charge in [0, 0.05) is 17.4 Å². The fourth-order valence-electron chi connectivity index (χ4n) is 4.35. The van der Waals surface area contributed by atoms with Gasteiger partial charge in [-0.25, -0.2) is 0 Å². The minimum atomic E-state index is -0.180. The van der Waals surface area contributed by atoms with Crippen LogP contribution in [-0.2, 0) is 0 Å². The molecular weight excluding hydrogens is 442 g/mol. The van der Waals surface area contributed by atoms with Crippen LogP contribution >= 0.6 is 12.2 Å². The van der Waals surface area contributed by atoms with Crippen LogP contribution in [0.1, 0.15) is 41.6 Å². The summed E-state index contributed by atoms with van der Waals surface area (Å²) in [6.07, 6.45) is 1.81. The molecular formula is C28H27N3O2S. The fraction of sp³-hybridized carbons (Fsp3) is 0.214. The molecule has 0 unspecified atom stereocenters. The molecule has 3 heterocycles. The zero-order valence-electron chi connectivity index (χ0n) is 19.5. The van der Waals surface area contributed by atoms with Gasteiger partial charge in [0.05, 0.1) is 18.3 Å². The number of hydrogen-bond donors (Lipinski definition) is 1. The van der Waals surface area contributed by atoms with Crippen molar-refractivity contribution in [2.45, 2.75) is 32.9 Å². The van der Waals surface area contributed by atoms with Crippen molar-refractivity contribution in [1.82, 2.24) is 10.3 Å². The van der Waals surface area contributed by atoms with Gasteiger partial charge in [-0.2, -0.15) is 0 Å². The quantitative estimate of drug-likeness (QED) is 0.324. The first-order valence-electron chi connectivity index (χ1n) is 11.5. The number of aromatic nitrogens is 1. The predicted octanol–water partition coefficient (Wildman–Crippen LogP) is 6.53. The number of pyridine rings is 1. The van der Waals surface area contributed by atoms with E-state index < -0.39 is 0 Å². The number of nitrogens with zero attached hydrogens (tertiary/aromatic N) is 2. The lowest BCUT2D eigenvalue weighted by molar-refractivity contribution is 0.340. The fourth-order valence-corrected chi connectivity index (χ4v) is 4.69. The molecule has 1 aliphatic heterocycles. The van der Waals surface area contributed by atoms with Crippen molar-refractivity contribution in [2.75, 3.05) is 11.5 Å². The lowest BCUT2D eigenvalue weighted by Gasteiger charge is -2.26. The molecule has 1 saturated heterocycles. The Bertz CT molecular complexity index is 1300. The Morgan fingerprint density at radius 2 is 1.82 bits per heavy atom. The van der Waals surface area contributed by atoms with Gasteiger partial charge in [0.1, 0.15) is 23.3 Å². The minimum Gasteiger partial charge on any atom is -0.494 e. The minimum absolute atomic E-state index is 0.144. The van der Waals surface area contributed by atoms with E-state index in [-0.39, 0.29) is 12.1 Å². The summed E-state index contributed by atoms with van der Waals surface area (Å²) < 4.78 is 12.0. The summed E-state index contributed by atoms with van der Waals surface area (Å²) in [6.45, 7) is 6.85. The monoisotopic (exact) mass is 469 g/mol. The first-order valence-corrected chi connectivity index (χ1v) is 11.9. The van der Waals surface area contributed by atoms with Gasteiger partial charge < -0.3 is 19.4 Å². The highest BCUT2D eigenvalue weighted by atomic mass is 32.1. The average Bonchev–Trinajstić information content (AvgIpc) is 3.47. The van der Waals surface area contributed by atoms with E-state index in [1.165, 1.54) is 11.1 Å². The van der Waals surface area contributed by atoms with Crippen molar-refractivity contribution >= 4 is 23.0 Å². The lowest BCUT2D eigenvalue weighted by atomic mass is 10.0. The molecule has 1 fully saturated rings. The molecule has 34 heavy (non-hydrogen) atoms. The van der Waals surface area contributed by atoms with Gasteiger partial charge >= 0.3 is 0 Å². The average molecular weight is 470 g/mol. The molecule has 0 radical (unpaired) electrons. The maximum Gasteiger partial charge on any atom is 0.174 e. The SMILES string of the molecule is CCOc1ccc(-c2ccc([C@@H]3[C@H](c4ccccn4)NC(=S)N3c3ccc(C)c(C)c3)o2)cc1. The Balaban J connectivity index is 1.55. The summed E-state index contributed by atoms with van der Waals surface area (Å²) in [5.41, 5.74) is 5.41. The molecule has 5 rings (SSSR count). The second-order valence-electron chi connectivity index (χ2n) is 8.42. The van der Waals surface area contributed by atoms with Gasteiger partial charge in [-0.05, 0) is 105 Å². The van der Waals surface area contributed by atoms with Gasteiger partial charge in [-0.15, -0.1) is 0 Å². The van der Waals surface area contributed by atoms with Crippen LogP contribution in [-0.4, -0.2) is 16.7 Å². The van der Waals surface area contributed by atoms with E-state index in [2.05, 4.69) is 47.2 Å². The normalized spacial score (nSPS) is 17.6. The van der Waals surface area contributed by atoms with Gasteiger partial charge in [0.15, 0.2) is 5.11 Å². The van der Waals surface area contributed by atoms with Gasteiger partial charge in [-0.1, -0.05) is 12.1 Å². The molecule has 0 aliphatic carbocycles. The van der Waals surface area contributed by atoms with Crippen LogP contribution in [0.3, 0.4) is 0 Å². The number of benzene rings is 2. The van der Waals surface area contributed by atoms with Crippen LogP contribution in [0.2, 0.25) is 0 Å². The smallest absolute Gasteiger partial charge is 0.174 e. The van der Waals surface area contributed by atoms with E-state index >= 15 is 0 Å². The van der Waals surface area contributed by atoms with Crippen molar-refractivity contribution in [2.24, 2.45) is 0 Å². The summed E-state index contributed by atoms with van der Waals surface area (Å²) in [6, 6.07) is 24.0. The Morgan fingerprint density at radius 1 is 1.00 bits per heavy atom. The van der Waals surface area contributed by atoms with Gasteiger partial charge in [0.2, 0.25) is 0 Å². The number of furan rings is 1. The number of anilines is 1. The second-order valence-corrected chi connectivity index (χ2v) is 8.81. The third kappa shape index (κ3) is 4.17. The molecule has 0 saturated carbocycles. The molecule has 2 aromatic heterocycles. The summed E-state index contributed by atoms with van der Waals surface area (Å²) in [5.74, 6) is 2.47. The molecule has 6 heteroatoms. The predicted molar refractivity (Wildman–Crippen MR) is 139 cm³/mol. The second kappa shape index (κ2) is 9.31. The van der Waals surface area contributed by atoms with E-state index in [4.69, 9.17) is 21.4 Å². The summed E-state index contributed by atoms with van der Waals surface area (Å²) in [7, 11) is 0. The zero-order valence-corrected chi connectivity index (χ0v) is 20.3. The van der Waals surface area contributed by atoms with Crippen molar-refractivity contribution in [3.05, 3.63) is 102 Å². The van der Waals surface area contributed by atoms with Crippen molar-refractivity contribution < 1.29 is 9.15 Å². The Morgan fingerprint density at radius 3 is 2.53 bits per heavy atom. The highest BCUT2D eigenvalue weighted by molar-refractivity contribution is 7.80. The summed E-state index contributed by atoms with van der Waals surface area (Å²) >= 11 is 5.82. The Labute approximate surface area is 205 Å². The highest BCUT2D eigenvalue weighted by Gasteiger charge is 2.42.